The summed E-state index contributed by atoms with van der Waals surface area (Å²) >= 11 is 0. The Hall–Kier alpha value is -0.820. The van der Waals surface area contributed by atoms with E-state index in [1.165, 1.54) is 24.0 Å². The fourth-order valence-electron chi connectivity index (χ4n) is 2.22. The predicted molar refractivity (Wildman–Crippen MR) is 81.2 cm³/mol. The molecule has 0 aliphatic heterocycles. The lowest BCUT2D eigenvalue weighted by atomic mass is 9.94. The van der Waals surface area contributed by atoms with Gasteiger partial charge in [0.2, 0.25) is 0 Å². The second-order valence-corrected chi connectivity index (χ2v) is 6.65. The smallest absolute Gasteiger partial charge is 0.00966 e. The van der Waals surface area contributed by atoms with Crippen molar-refractivity contribution in [2.24, 2.45) is 5.92 Å². The highest BCUT2D eigenvalue weighted by Crippen LogP contribution is 2.17. The van der Waals surface area contributed by atoms with Crippen LogP contribution in [0.5, 0.6) is 0 Å². The second kappa shape index (κ2) is 6.38. The molecule has 0 aliphatic rings. The standard InChI is InChI=1S/C17H29N/c1-13(12-18-17(4,5)6)10-11-16-14(2)8-7-9-15(16)3/h7-9,13,18H,10-12H2,1-6H3. The van der Waals surface area contributed by atoms with E-state index in [0.29, 0.717) is 0 Å². The highest BCUT2D eigenvalue weighted by molar-refractivity contribution is 5.33. The number of hydrogen-bond acceptors (Lipinski definition) is 1. The van der Waals surface area contributed by atoms with Crippen molar-refractivity contribution >= 4 is 0 Å². The quantitative estimate of drug-likeness (QED) is 0.819. The maximum Gasteiger partial charge on any atom is 0.00966 e. The molecule has 0 bridgehead atoms. The molecule has 1 N–H and O–H groups in total. The summed E-state index contributed by atoms with van der Waals surface area (Å²) in [5.41, 5.74) is 4.64. The van der Waals surface area contributed by atoms with Gasteiger partial charge < -0.3 is 5.32 Å². The van der Waals surface area contributed by atoms with Crippen LogP contribution in [-0.4, -0.2) is 12.1 Å². The van der Waals surface area contributed by atoms with E-state index in [9.17, 15) is 0 Å². The van der Waals surface area contributed by atoms with Crippen LogP contribution in [0, 0.1) is 19.8 Å². The van der Waals surface area contributed by atoms with Gasteiger partial charge in [0.15, 0.2) is 0 Å². The normalized spacial score (nSPS) is 13.7. The molecule has 0 radical (unpaired) electrons. The first-order valence-corrected chi connectivity index (χ1v) is 7.09. The van der Waals surface area contributed by atoms with Crippen molar-refractivity contribution < 1.29 is 0 Å². The third-order valence-corrected chi connectivity index (χ3v) is 3.51. The Morgan fingerprint density at radius 2 is 1.67 bits per heavy atom. The van der Waals surface area contributed by atoms with Crippen LogP contribution in [0.3, 0.4) is 0 Å². The zero-order chi connectivity index (χ0) is 13.8. The third kappa shape index (κ3) is 5.22. The van der Waals surface area contributed by atoms with Gasteiger partial charge >= 0.3 is 0 Å². The zero-order valence-corrected chi connectivity index (χ0v) is 12.9. The summed E-state index contributed by atoms with van der Waals surface area (Å²) < 4.78 is 0. The summed E-state index contributed by atoms with van der Waals surface area (Å²) in [5, 5.41) is 3.59. The molecular formula is C17H29N. The van der Waals surface area contributed by atoms with E-state index in [2.05, 4.69) is 65.1 Å². The number of benzene rings is 1. The van der Waals surface area contributed by atoms with Gasteiger partial charge in [-0.1, -0.05) is 25.1 Å². The van der Waals surface area contributed by atoms with Crippen LogP contribution in [0.15, 0.2) is 18.2 Å². The van der Waals surface area contributed by atoms with Crippen LogP contribution in [0.4, 0.5) is 0 Å². The number of rotatable bonds is 5. The molecule has 1 aromatic carbocycles. The minimum atomic E-state index is 0.229. The maximum atomic E-state index is 3.59. The lowest BCUT2D eigenvalue weighted by molar-refractivity contribution is 0.372. The summed E-state index contributed by atoms with van der Waals surface area (Å²) in [4.78, 5) is 0. The highest BCUT2D eigenvalue weighted by atomic mass is 14.9. The molecule has 1 atom stereocenters. The van der Waals surface area contributed by atoms with Gasteiger partial charge in [-0.2, -0.15) is 0 Å². The molecule has 1 aromatic rings. The van der Waals surface area contributed by atoms with Crippen molar-refractivity contribution in [3.8, 4) is 0 Å². The number of nitrogens with one attached hydrogen (secondary N) is 1. The fraction of sp³-hybridized carbons (Fsp3) is 0.647. The Kier molecular flexibility index (Phi) is 5.40. The van der Waals surface area contributed by atoms with E-state index in [1.54, 1.807) is 5.56 Å². The van der Waals surface area contributed by atoms with Crippen LogP contribution in [-0.2, 0) is 6.42 Å². The van der Waals surface area contributed by atoms with E-state index < -0.39 is 0 Å². The van der Waals surface area contributed by atoms with Gasteiger partial charge in [-0.05, 0) is 76.6 Å². The average Bonchev–Trinajstić information content (AvgIpc) is 2.25. The maximum absolute atomic E-state index is 3.59. The van der Waals surface area contributed by atoms with Crippen LogP contribution in [0.1, 0.15) is 50.8 Å². The molecule has 1 heteroatoms. The van der Waals surface area contributed by atoms with E-state index in [1.807, 2.05) is 0 Å². The SMILES string of the molecule is Cc1cccc(C)c1CCC(C)CNC(C)(C)C. The van der Waals surface area contributed by atoms with Crippen molar-refractivity contribution in [3.63, 3.8) is 0 Å². The van der Waals surface area contributed by atoms with Crippen molar-refractivity contribution in [2.75, 3.05) is 6.54 Å². The first-order valence-electron chi connectivity index (χ1n) is 7.09. The van der Waals surface area contributed by atoms with Gasteiger partial charge in [0.05, 0.1) is 0 Å². The molecule has 102 valence electrons. The minimum absolute atomic E-state index is 0.229. The molecule has 0 heterocycles. The molecule has 0 spiro atoms. The van der Waals surface area contributed by atoms with Gasteiger partial charge in [-0.25, -0.2) is 0 Å². The molecule has 0 aromatic heterocycles. The molecule has 0 amide bonds. The van der Waals surface area contributed by atoms with Gasteiger partial charge in [0.1, 0.15) is 0 Å². The fourth-order valence-corrected chi connectivity index (χ4v) is 2.22. The molecule has 0 fully saturated rings. The molecule has 18 heavy (non-hydrogen) atoms. The summed E-state index contributed by atoms with van der Waals surface area (Å²) in [6.45, 7) is 14.6. The summed E-state index contributed by atoms with van der Waals surface area (Å²) in [5.74, 6) is 0.725. The Morgan fingerprint density at radius 3 is 2.17 bits per heavy atom. The topological polar surface area (TPSA) is 12.0 Å². The Bertz CT molecular complexity index is 353. The Morgan fingerprint density at radius 1 is 1.11 bits per heavy atom. The van der Waals surface area contributed by atoms with Crippen LogP contribution < -0.4 is 5.32 Å². The summed E-state index contributed by atoms with van der Waals surface area (Å²) in [6, 6.07) is 6.60. The second-order valence-electron chi connectivity index (χ2n) is 6.65. The molecule has 1 rings (SSSR count). The van der Waals surface area contributed by atoms with Gasteiger partial charge in [0.25, 0.3) is 0 Å². The first kappa shape index (κ1) is 15.2. The lowest BCUT2D eigenvalue weighted by Crippen LogP contribution is -2.38. The van der Waals surface area contributed by atoms with E-state index in [4.69, 9.17) is 0 Å². The van der Waals surface area contributed by atoms with E-state index in [-0.39, 0.29) is 5.54 Å². The zero-order valence-electron chi connectivity index (χ0n) is 12.9. The first-order chi connectivity index (χ1) is 8.29. The number of hydrogen-bond donors (Lipinski definition) is 1. The number of aryl methyl sites for hydroxylation is 2. The van der Waals surface area contributed by atoms with Crippen molar-refractivity contribution in [3.05, 3.63) is 34.9 Å². The largest absolute Gasteiger partial charge is 0.312 e. The van der Waals surface area contributed by atoms with Crippen molar-refractivity contribution in [1.82, 2.24) is 5.32 Å². The molecule has 0 saturated carbocycles. The summed E-state index contributed by atoms with van der Waals surface area (Å²) in [6.07, 6.45) is 2.46. The minimum Gasteiger partial charge on any atom is -0.312 e. The Labute approximate surface area is 113 Å². The van der Waals surface area contributed by atoms with Crippen LogP contribution >= 0.6 is 0 Å². The predicted octanol–water partition coefficient (Wildman–Crippen LogP) is 4.26. The monoisotopic (exact) mass is 247 g/mol. The highest BCUT2D eigenvalue weighted by Gasteiger charge is 2.11. The molecule has 1 unspecified atom stereocenters. The molecule has 1 nitrogen and oxygen atoms in total. The van der Waals surface area contributed by atoms with Gasteiger partial charge in [-0.3, -0.25) is 0 Å². The summed E-state index contributed by atoms with van der Waals surface area (Å²) in [7, 11) is 0. The van der Waals surface area contributed by atoms with E-state index >= 15 is 0 Å². The third-order valence-electron chi connectivity index (χ3n) is 3.51. The van der Waals surface area contributed by atoms with Crippen molar-refractivity contribution in [2.45, 2.75) is 59.9 Å². The van der Waals surface area contributed by atoms with Crippen LogP contribution in [0.2, 0.25) is 0 Å². The average molecular weight is 247 g/mol. The Balaban J connectivity index is 2.45. The van der Waals surface area contributed by atoms with Gasteiger partial charge in [-0.15, -0.1) is 0 Å². The van der Waals surface area contributed by atoms with Crippen LogP contribution in [0.25, 0.3) is 0 Å². The molecule has 0 saturated heterocycles. The van der Waals surface area contributed by atoms with Gasteiger partial charge in [0, 0.05) is 5.54 Å². The molecule has 0 aliphatic carbocycles. The van der Waals surface area contributed by atoms with Crippen molar-refractivity contribution in [1.29, 1.82) is 0 Å². The lowest BCUT2D eigenvalue weighted by Gasteiger charge is -2.23. The van der Waals surface area contributed by atoms with E-state index in [0.717, 1.165) is 12.5 Å². The molecular weight excluding hydrogens is 218 g/mol.